The highest BCUT2D eigenvalue weighted by molar-refractivity contribution is 8.27. The maximum absolute atomic E-state index is 8.77. The fourth-order valence-electron chi connectivity index (χ4n) is 0.701. The Balaban J connectivity index is 2.72. The van der Waals surface area contributed by atoms with Crippen molar-refractivity contribution in [3.8, 4) is 0 Å². The van der Waals surface area contributed by atoms with Crippen LogP contribution in [0.5, 0.6) is 0 Å². The van der Waals surface area contributed by atoms with Gasteiger partial charge in [0.1, 0.15) is 0 Å². The molecule has 1 atom stereocenters. The minimum absolute atomic E-state index is 1.01. The minimum atomic E-state index is -1.01. The summed E-state index contributed by atoms with van der Waals surface area (Å²) in [4.78, 5) is 0. The Hall–Kier alpha value is -0.510. The second kappa shape index (κ2) is 4.38. The van der Waals surface area contributed by atoms with Crippen LogP contribution in [0.3, 0.4) is 0 Å². The summed E-state index contributed by atoms with van der Waals surface area (Å²) < 4.78 is 8.77. The lowest BCUT2D eigenvalue weighted by Crippen LogP contribution is -1.74. The van der Waals surface area contributed by atoms with Crippen LogP contribution in [0.1, 0.15) is 5.56 Å². The van der Waals surface area contributed by atoms with Crippen LogP contribution in [0.25, 0.3) is 6.08 Å². The van der Waals surface area contributed by atoms with Crippen molar-refractivity contribution in [1.29, 1.82) is 0 Å². The number of hydrogen-bond donors (Lipinski definition) is 1. The summed E-state index contributed by atoms with van der Waals surface area (Å²) in [5.74, 6) is 0. The van der Waals surface area contributed by atoms with Crippen molar-refractivity contribution in [2.45, 2.75) is 0 Å². The van der Waals surface area contributed by atoms with Gasteiger partial charge >= 0.3 is 0 Å². The van der Waals surface area contributed by atoms with E-state index in [1.54, 1.807) is 5.41 Å². The second-order valence-corrected chi connectivity index (χ2v) is 3.84. The molecule has 58 valence electrons. The topological polar surface area (TPSA) is 20.2 Å². The highest BCUT2D eigenvalue weighted by Crippen LogP contribution is 2.00. The van der Waals surface area contributed by atoms with E-state index in [0.29, 0.717) is 0 Å². The molecule has 0 aliphatic rings. The van der Waals surface area contributed by atoms with E-state index in [9.17, 15) is 0 Å². The van der Waals surface area contributed by atoms with Gasteiger partial charge < -0.3 is 4.55 Å². The van der Waals surface area contributed by atoms with Crippen molar-refractivity contribution in [2.75, 3.05) is 0 Å². The van der Waals surface area contributed by atoms with E-state index >= 15 is 0 Å². The highest BCUT2D eigenvalue weighted by Gasteiger charge is 1.81. The van der Waals surface area contributed by atoms with Crippen molar-refractivity contribution in [3.05, 3.63) is 41.3 Å². The largest absolute Gasteiger partial charge is 0.324 e. The molecule has 1 rings (SSSR count). The molecular weight excluding hydrogens is 176 g/mol. The average molecular weight is 184 g/mol. The van der Waals surface area contributed by atoms with Gasteiger partial charge in [-0.2, -0.15) is 0 Å². The molecule has 1 aromatic rings. The predicted molar refractivity (Wildman–Crippen MR) is 52.8 cm³/mol. The molecule has 0 radical (unpaired) electrons. The number of hydrogen-bond acceptors (Lipinski definition) is 1. The molecule has 0 aromatic heterocycles. The maximum Gasteiger partial charge on any atom is 0.0288 e. The molecule has 0 saturated carbocycles. The van der Waals surface area contributed by atoms with Gasteiger partial charge in [-0.25, -0.2) is 0 Å². The van der Waals surface area contributed by atoms with Gasteiger partial charge in [0.25, 0.3) is 0 Å². The lowest BCUT2D eigenvalue weighted by atomic mass is 10.2. The van der Waals surface area contributed by atoms with Crippen molar-refractivity contribution in [1.82, 2.24) is 0 Å². The zero-order valence-electron chi connectivity index (χ0n) is 5.81. The van der Waals surface area contributed by atoms with Gasteiger partial charge in [0, 0.05) is 15.1 Å². The van der Waals surface area contributed by atoms with Crippen LogP contribution in [0.4, 0.5) is 0 Å². The summed E-state index contributed by atoms with van der Waals surface area (Å²) in [6.07, 6.45) is 1.82. The summed E-state index contributed by atoms with van der Waals surface area (Å²) in [6, 6.07) is 9.75. The smallest absolute Gasteiger partial charge is 0.0288 e. The Kier molecular flexibility index (Phi) is 3.42. The van der Waals surface area contributed by atoms with Crippen LogP contribution in [0.15, 0.2) is 35.7 Å². The summed E-state index contributed by atoms with van der Waals surface area (Å²) in [5, 5.41) is 1.60. The molecule has 0 aliphatic heterocycles. The van der Waals surface area contributed by atoms with Crippen LogP contribution >= 0.6 is 0 Å². The summed E-state index contributed by atoms with van der Waals surface area (Å²) in [7, 11) is -1.01. The van der Waals surface area contributed by atoms with Gasteiger partial charge in [-0.05, 0) is 22.8 Å². The molecule has 1 aromatic carbocycles. The first kappa shape index (κ1) is 8.59. The van der Waals surface area contributed by atoms with Gasteiger partial charge in [0.05, 0.1) is 0 Å². The molecule has 0 heterocycles. The predicted octanol–water partition coefficient (Wildman–Crippen LogP) is 2.21. The third-order valence-corrected chi connectivity index (χ3v) is 1.88. The fourth-order valence-corrected chi connectivity index (χ4v) is 1.14. The van der Waals surface area contributed by atoms with E-state index < -0.39 is 9.74 Å². The van der Waals surface area contributed by atoms with E-state index in [4.69, 9.17) is 4.55 Å². The normalized spacial score (nSPS) is 13.5. The van der Waals surface area contributed by atoms with Crippen LogP contribution in [-0.4, -0.2) is 4.55 Å². The molecule has 0 spiro atoms. The average Bonchev–Trinajstić information content (AvgIpc) is 2.03. The number of rotatable bonds is 2. The third-order valence-electron chi connectivity index (χ3n) is 1.18. The summed E-state index contributed by atoms with van der Waals surface area (Å²) in [5.41, 5.74) is 1.06. The van der Waals surface area contributed by atoms with E-state index in [0.717, 1.165) is 5.56 Å². The molecule has 1 nitrogen and oxygen atoms in total. The minimum Gasteiger partial charge on any atom is -0.324 e. The zero-order chi connectivity index (χ0) is 8.10. The zero-order valence-corrected chi connectivity index (χ0v) is 7.44. The fraction of sp³-hybridized carbons (Fsp3) is 0. The molecule has 0 saturated heterocycles. The van der Waals surface area contributed by atoms with E-state index in [2.05, 4.69) is 11.2 Å². The van der Waals surface area contributed by atoms with Crippen molar-refractivity contribution >= 4 is 27.0 Å². The lowest BCUT2D eigenvalue weighted by Gasteiger charge is -1.89. The molecule has 0 fully saturated rings. The number of benzene rings is 1. The molecule has 0 bridgehead atoms. The van der Waals surface area contributed by atoms with E-state index in [1.807, 2.05) is 36.4 Å². The molecule has 0 amide bonds. The van der Waals surface area contributed by atoms with Gasteiger partial charge in [0.15, 0.2) is 0 Å². The van der Waals surface area contributed by atoms with E-state index in [1.165, 1.54) is 0 Å². The first-order chi connectivity index (χ1) is 5.29. The quantitative estimate of drug-likeness (QED) is 0.760. The van der Waals surface area contributed by atoms with Gasteiger partial charge in [-0.3, -0.25) is 0 Å². The van der Waals surface area contributed by atoms with Crippen molar-refractivity contribution in [2.24, 2.45) is 0 Å². The Labute approximate surface area is 73.2 Å². The monoisotopic (exact) mass is 184 g/mol. The van der Waals surface area contributed by atoms with Crippen LogP contribution in [0.2, 0.25) is 0 Å². The Morgan fingerprint density at radius 2 is 1.91 bits per heavy atom. The molecule has 1 N–H and O–H groups in total. The van der Waals surface area contributed by atoms with Gasteiger partial charge in [-0.15, -0.1) is 0 Å². The van der Waals surface area contributed by atoms with Crippen LogP contribution in [0, 0.1) is 0 Å². The van der Waals surface area contributed by atoms with Crippen molar-refractivity contribution in [3.63, 3.8) is 0 Å². The van der Waals surface area contributed by atoms with Gasteiger partial charge in [-0.1, -0.05) is 30.3 Å². The highest BCUT2D eigenvalue weighted by atomic mass is 32.8. The first-order valence-corrected chi connectivity index (χ1v) is 5.29. The standard InChI is InChI=1S/C8H8OS2/c9-11(10)7-6-8-4-2-1-3-5-8/h1-7H,(H,9,10). The molecule has 11 heavy (non-hydrogen) atoms. The summed E-state index contributed by atoms with van der Waals surface area (Å²) >= 11 is 4.57. The first-order valence-electron chi connectivity index (χ1n) is 3.12. The van der Waals surface area contributed by atoms with Crippen molar-refractivity contribution < 1.29 is 4.55 Å². The van der Waals surface area contributed by atoms with Gasteiger partial charge in [0.2, 0.25) is 0 Å². The Bertz CT molecular complexity index is 267. The third kappa shape index (κ3) is 3.41. The molecular formula is C8H8OS2. The molecule has 1 unspecified atom stereocenters. The van der Waals surface area contributed by atoms with E-state index in [-0.39, 0.29) is 0 Å². The Morgan fingerprint density at radius 1 is 1.27 bits per heavy atom. The Morgan fingerprint density at radius 3 is 2.45 bits per heavy atom. The molecule has 3 heteroatoms. The maximum atomic E-state index is 8.77. The summed E-state index contributed by atoms with van der Waals surface area (Å²) in [6.45, 7) is 0. The molecule has 0 aliphatic carbocycles. The lowest BCUT2D eigenvalue weighted by molar-refractivity contribution is 0.664. The van der Waals surface area contributed by atoms with Crippen LogP contribution in [-0.2, 0) is 20.9 Å². The SMILES string of the molecule is OS(=S)C=Cc1ccccc1. The second-order valence-electron chi connectivity index (χ2n) is 1.99. The van der Waals surface area contributed by atoms with Crippen LogP contribution < -0.4 is 0 Å².